The first-order valence-electron chi connectivity index (χ1n) is 8.23. The van der Waals surface area contributed by atoms with Crippen molar-refractivity contribution in [2.45, 2.75) is 31.8 Å². The van der Waals surface area contributed by atoms with Crippen LogP contribution in [0.25, 0.3) is 0 Å². The SMILES string of the molecule is CCCCCN1C(=O)C(O)(c2cc(F)c(Cl)cc2O)c2ccccc21. The van der Waals surface area contributed by atoms with Crippen LogP contribution in [0.15, 0.2) is 36.4 Å². The molecule has 0 fully saturated rings. The van der Waals surface area contributed by atoms with Gasteiger partial charge in [-0.05, 0) is 18.6 Å². The Labute approximate surface area is 150 Å². The summed E-state index contributed by atoms with van der Waals surface area (Å²) in [4.78, 5) is 14.5. The van der Waals surface area contributed by atoms with Crippen LogP contribution in [0.2, 0.25) is 5.02 Å². The Morgan fingerprint density at radius 1 is 1.20 bits per heavy atom. The molecule has 0 saturated carbocycles. The normalized spacial score (nSPS) is 19.4. The van der Waals surface area contributed by atoms with Crippen LogP contribution in [-0.2, 0) is 10.4 Å². The average molecular weight is 364 g/mol. The molecule has 2 N–H and O–H groups in total. The number of rotatable bonds is 5. The molecule has 0 spiro atoms. The summed E-state index contributed by atoms with van der Waals surface area (Å²) < 4.78 is 14.0. The number of halogens is 2. The van der Waals surface area contributed by atoms with E-state index in [-0.39, 0.29) is 10.6 Å². The second kappa shape index (κ2) is 6.65. The molecule has 1 atom stereocenters. The van der Waals surface area contributed by atoms with Crippen molar-refractivity contribution in [1.82, 2.24) is 0 Å². The Morgan fingerprint density at radius 2 is 1.92 bits per heavy atom. The third-order valence-corrected chi connectivity index (χ3v) is 4.84. The number of aromatic hydroxyl groups is 1. The van der Waals surface area contributed by atoms with E-state index in [4.69, 9.17) is 11.6 Å². The van der Waals surface area contributed by atoms with Crippen LogP contribution in [0.4, 0.5) is 10.1 Å². The molecule has 0 aromatic heterocycles. The van der Waals surface area contributed by atoms with Crippen LogP contribution >= 0.6 is 11.6 Å². The smallest absolute Gasteiger partial charge is 0.268 e. The summed E-state index contributed by atoms with van der Waals surface area (Å²) >= 11 is 5.68. The van der Waals surface area contributed by atoms with E-state index in [9.17, 15) is 19.4 Å². The zero-order valence-corrected chi connectivity index (χ0v) is 14.6. The van der Waals surface area contributed by atoms with E-state index >= 15 is 0 Å². The van der Waals surface area contributed by atoms with E-state index in [1.807, 2.05) is 0 Å². The molecule has 2 aromatic rings. The summed E-state index contributed by atoms with van der Waals surface area (Å²) in [7, 11) is 0. The molecule has 1 aliphatic rings. The number of fused-ring (bicyclic) bond motifs is 1. The first-order chi connectivity index (χ1) is 11.9. The van der Waals surface area contributed by atoms with Crippen molar-refractivity contribution < 1.29 is 19.4 Å². The van der Waals surface area contributed by atoms with Crippen molar-refractivity contribution in [2.75, 3.05) is 11.4 Å². The number of hydrogen-bond donors (Lipinski definition) is 2. The van der Waals surface area contributed by atoms with Crippen molar-refractivity contribution >= 4 is 23.2 Å². The van der Waals surface area contributed by atoms with Gasteiger partial charge in [0.2, 0.25) is 5.60 Å². The summed E-state index contributed by atoms with van der Waals surface area (Å²) in [5.41, 5.74) is -1.45. The molecule has 4 nitrogen and oxygen atoms in total. The van der Waals surface area contributed by atoms with Gasteiger partial charge in [0.05, 0.1) is 10.7 Å². The fourth-order valence-corrected chi connectivity index (χ4v) is 3.42. The molecule has 2 aromatic carbocycles. The Kier molecular flexibility index (Phi) is 4.71. The van der Waals surface area contributed by atoms with E-state index in [1.54, 1.807) is 24.3 Å². The lowest BCUT2D eigenvalue weighted by Gasteiger charge is -2.24. The lowest BCUT2D eigenvalue weighted by Crippen LogP contribution is -2.41. The number of para-hydroxylation sites is 1. The molecule has 1 heterocycles. The Bertz CT molecular complexity index is 826. The highest BCUT2D eigenvalue weighted by atomic mass is 35.5. The summed E-state index contributed by atoms with van der Waals surface area (Å²) in [6.45, 7) is 2.51. The number of nitrogens with zero attached hydrogens (tertiary/aromatic N) is 1. The molecule has 3 rings (SSSR count). The van der Waals surface area contributed by atoms with Gasteiger partial charge < -0.3 is 15.1 Å². The van der Waals surface area contributed by atoms with Crippen molar-refractivity contribution in [3.05, 3.63) is 58.4 Å². The Hall–Kier alpha value is -2.11. The van der Waals surface area contributed by atoms with Crippen LogP contribution in [0.3, 0.4) is 0 Å². The van der Waals surface area contributed by atoms with Gasteiger partial charge in [0.25, 0.3) is 5.91 Å². The lowest BCUT2D eigenvalue weighted by atomic mass is 9.87. The number of phenolic OH excluding ortho intramolecular Hbond substituents is 1. The van der Waals surface area contributed by atoms with E-state index in [0.717, 1.165) is 31.4 Å². The maximum atomic E-state index is 14.0. The number of hydrogen-bond acceptors (Lipinski definition) is 3. The number of aliphatic hydroxyl groups is 1. The number of amides is 1. The second-order valence-electron chi connectivity index (χ2n) is 6.17. The van der Waals surface area contributed by atoms with Crippen molar-refractivity contribution in [1.29, 1.82) is 0 Å². The van der Waals surface area contributed by atoms with E-state index in [2.05, 4.69) is 6.92 Å². The minimum absolute atomic E-state index is 0.204. The number of anilines is 1. The standard InChI is InChI=1S/C19H19ClFNO3/c1-2-3-6-9-22-16-8-5-4-7-12(16)19(25,18(22)24)13-10-15(21)14(20)11-17(13)23/h4-5,7-8,10-11,23,25H,2-3,6,9H2,1H3. The molecule has 0 aliphatic carbocycles. The van der Waals surface area contributed by atoms with Crippen LogP contribution in [0.5, 0.6) is 5.75 Å². The van der Waals surface area contributed by atoms with E-state index in [0.29, 0.717) is 17.8 Å². The fraction of sp³-hybridized carbons (Fsp3) is 0.316. The van der Waals surface area contributed by atoms with Gasteiger partial charge in [-0.15, -0.1) is 0 Å². The minimum atomic E-state index is -2.14. The molecule has 0 radical (unpaired) electrons. The van der Waals surface area contributed by atoms with Crippen LogP contribution in [0.1, 0.15) is 37.3 Å². The third kappa shape index (κ3) is 2.77. The largest absolute Gasteiger partial charge is 0.507 e. The van der Waals surface area contributed by atoms with Gasteiger partial charge in [0.1, 0.15) is 11.6 Å². The minimum Gasteiger partial charge on any atom is -0.507 e. The maximum absolute atomic E-state index is 14.0. The predicted octanol–water partition coefficient (Wildman–Crippen LogP) is 3.96. The second-order valence-corrected chi connectivity index (χ2v) is 6.58. The molecular formula is C19H19ClFNO3. The molecular weight excluding hydrogens is 345 g/mol. The first kappa shape index (κ1) is 17.7. The monoisotopic (exact) mass is 363 g/mol. The van der Waals surface area contributed by atoms with Gasteiger partial charge in [-0.25, -0.2) is 4.39 Å². The number of unbranched alkanes of at least 4 members (excludes halogenated alkanes) is 2. The molecule has 6 heteroatoms. The highest BCUT2D eigenvalue weighted by Crippen LogP contribution is 2.47. The molecule has 1 aliphatic heterocycles. The maximum Gasteiger partial charge on any atom is 0.268 e. The molecule has 25 heavy (non-hydrogen) atoms. The van der Waals surface area contributed by atoms with E-state index < -0.39 is 23.1 Å². The topological polar surface area (TPSA) is 60.8 Å². The molecule has 0 bridgehead atoms. The van der Waals surface area contributed by atoms with Crippen molar-refractivity contribution in [3.8, 4) is 5.75 Å². The highest BCUT2D eigenvalue weighted by Gasteiger charge is 2.52. The van der Waals surface area contributed by atoms with Crippen molar-refractivity contribution in [3.63, 3.8) is 0 Å². The Balaban J connectivity index is 2.13. The zero-order chi connectivity index (χ0) is 18.2. The lowest BCUT2D eigenvalue weighted by molar-refractivity contribution is -0.132. The zero-order valence-electron chi connectivity index (χ0n) is 13.8. The average Bonchev–Trinajstić information content (AvgIpc) is 2.81. The van der Waals surface area contributed by atoms with Gasteiger partial charge in [-0.2, -0.15) is 0 Å². The van der Waals surface area contributed by atoms with Gasteiger partial charge >= 0.3 is 0 Å². The predicted molar refractivity (Wildman–Crippen MR) is 94.4 cm³/mol. The van der Waals surface area contributed by atoms with Crippen LogP contribution in [0, 0.1) is 5.82 Å². The quantitative estimate of drug-likeness (QED) is 0.790. The highest BCUT2D eigenvalue weighted by molar-refractivity contribution is 6.31. The molecule has 132 valence electrons. The summed E-state index contributed by atoms with van der Waals surface area (Å²) in [5.74, 6) is -1.83. The fourth-order valence-electron chi connectivity index (χ4n) is 3.26. The van der Waals surface area contributed by atoms with Gasteiger partial charge in [-0.3, -0.25) is 4.79 Å². The van der Waals surface area contributed by atoms with Crippen LogP contribution in [-0.4, -0.2) is 22.7 Å². The number of phenols is 1. The summed E-state index contributed by atoms with van der Waals surface area (Å²) in [5, 5.41) is 21.2. The van der Waals surface area contributed by atoms with Crippen LogP contribution < -0.4 is 4.90 Å². The van der Waals surface area contributed by atoms with Gasteiger partial charge in [-0.1, -0.05) is 49.6 Å². The van der Waals surface area contributed by atoms with Crippen molar-refractivity contribution in [2.24, 2.45) is 0 Å². The van der Waals surface area contributed by atoms with Gasteiger partial charge in [0, 0.05) is 23.7 Å². The van der Waals surface area contributed by atoms with Gasteiger partial charge in [0.15, 0.2) is 0 Å². The first-order valence-corrected chi connectivity index (χ1v) is 8.61. The third-order valence-electron chi connectivity index (χ3n) is 4.55. The number of carbonyl (C=O) groups excluding carboxylic acids is 1. The molecule has 0 saturated heterocycles. The Morgan fingerprint density at radius 3 is 2.64 bits per heavy atom. The van der Waals surface area contributed by atoms with E-state index in [1.165, 1.54) is 4.90 Å². The molecule has 1 amide bonds. The number of carbonyl (C=O) groups is 1. The molecule has 1 unspecified atom stereocenters. The number of benzene rings is 2. The summed E-state index contributed by atoms with van der Waals surface area (Å²) in [6, 6.07) is 8.73. The summed E-state index contributed by atoms with van der Waals surface area (Å²) in [6.07, 6.45) is 2.73.